The third-order valence-electron chi connectivity index (χ3n) is 6.11. The monoisotopic (exact) mass is 782 g/mol. The van der Waals surface area contributed by atoms with Crippen molar-refractivity contribution < 1.29 is 30.0 Å². The van der Waals surface area contributed by atoms with Gasteiger partial charge in [-0.2, -0.15) is 0 Å². The molecule has 0 fully saturated rings. The van der Waals surface area contributed by atoms with Gasteiger partial charge >= 0.3 is 11.9 Å². The lowest BCUT2D eigenvalue weighted by Gasteiger charge is -2.21. The zero-order valence-corrected chi connectivity index (χ0v) is 26.3. The van der Waals surface area contributed by atoms with Gasteiger partial charge in [-0.3, -0.25) is 14.4 Å². The number of methoxy groups -OCH3 is 1. The van der Waals surface area contributed by atoms with E-state index in [1.807, 2.05) is 61.5 Å². The number of carbonyl (C=O) groups is 3. The number of hydrogen-bond acceptors (Lipinski definition) is 7. The van der Waals surface area contributed by atoms with Crippen LogP contribution in [0.2, 0.25) is 0 Å². The molecule has 0 spiro atoms. The van der Waals surface area contributed by atoms with Crippen LogP contribution in [0.25, 0.3) is 6.08 Å². The Morgan fingerprint density at radius 3 is 1.74 bits per heavy atom. The van der Waals surface area contributed by atoms with Gasteiger partial charge in [-0.05, 0) is 55.9 Å². The smallest absolute Gasteiger partial charge is 0.309 e. The molecule has 0 aliphatic carbocycles. The van der Waals surface area contributed by atoms with E-state index in [0.29, 0.717) is 31.4 Å². The van der Waals surface area contributed by atoms with Crippen LogP contribution in [-0.2, 0) is 35.0 Å². The molecular weight excluding hydrogens is 711 g/mol. The molecule has 0 bridgehead atoms. The molecule has 0 saturated heterocycles. The van der Waals surface area contributed by atoms with Gasteiger partial charge in [-0.25, -0.2) is 0 Å². The zero-order valence-electron chi connectivity index (χ0n) is 23.1. The second-order valence-electron chi connectivity index (χ2n) is 9.24. The van der Waals surface area contributed by atoms with Gasteiger partial charge in [0.25, 0.3) is 0 Å². The molecular formula is C38H71IO6S. The molecule has 0 amide bonds. The molecule has 0 aliphatic rings. The number of aryl methyl sites for hydroxylation is 1. The van der Waals surface area contributed by atoms with Gasteiger partial charge in [0.1, 0.15) is 18.0 Å². The topological polar surface area (TPSA) is 78.9 Å². The molecule has 0 N–H and O–H groups in total. The first kappa shape index (κ1) is 59.3. The van der Waals surface area contributed by atoms with Gasteiger partial charge in [0.05, 0.1) is 18.9 Å². The Balaban J connectivity index is -0.000000282. The molecule has 3 unspecified atom stereocenters. The van der Waals surface area contributed by atoms with Crippen LogP contribution in [0.4, 0.5) is 0 Å². The minimum atomic E-state index is -0.620. The Hall–Kier alpha value is -2.17. The molecule has 0 radical (unpaired) electrons. The molecule has 2 aromatic carbocycles. The molecule has 2 rings (SSSR count). The summed E-state index contributed by atoms with van der Waals surface area (Å²) in [5.41, 5.74) is 2.12. The highest BCUT2D eigenvalue weighted by Gasteiger charge is 2.24. The fourth-order valence-electron chi connectivity index (χ4n) is 3.93. The van der Waals surface area contributed by atoms with E-state index in [0.717, 1.165) is 16.0 Å². The quantitative estimate of drug-likeness (QED) is 0.0846. The van der Waals surface area contributed by atoms with Crippen LogP contribution in [0.15, 0.2) is 66.1 Å². The SMILES string of the molecule is C.C.C.C.C.C.C.C=Cc1ccc(CCC(CC(C)=O)OC(=O)CC(CCSc2ccccc2)OC(=O)CC(CC)OC)cc1.I.[HH]. The van der Waals surface area contributed by atoms with Crippen LogP contribution in [-0.4, -0.2) is 48.9 Å². The molecule has 46 heavy (non-hydrogen) atoms. The highest BCUT2D eigenvalue weighted by atomic mass is 127. The third-order valence-corrected chi connectivity index (χ3v) is 7.16. The molecule has 0 saturated carbocycles. The summed E-state index contributed by atoms with van der Waals surface area (Å²) in [7, 11) is 1.57. The Kier molecular flexibility index (Phi) is 44.0. The predicted molar refractivity (Wildman–Crippen MR) is 217 cm³/mol. The molecule has 6 nitrogen and oxygen atoms in total. The average Bonchev–Trinajstić information content (AvgIpc) is 2.90. The maximum Gasteiger partial charge on any atom is 0.309 e. The maximum atomic E-state index is 12.9. The number of thioether (sulfide) groups is 1. The number of halogens is 1. The lowest BCUT2D eigenvalue weighted by atomic mass is 10.0. The minimum Gasteiger partial charge on any atom is -0.462 e. The number of carbonyl (C=O) groups excluding carboxylic acids is 3. The van der Waals surface area contributed by atoms with E-state index in [9.17, 15) is 14.4 Å². The van der Waals surface area contributed by atoms with Gasteiger partial charge in [0, 0.05) is 25.6 Å². The Labute approximate surface area is 307 Å². The van der Waals surface area contributed by atoms with Crippen molar-refractivity contribution in [3.63, 3.8) is 0 Å². The lowest BCUT2D eigenvalue weighted by molar-refractivity contribution is -0.159. The van der Waals surface area contributed by atoms with Crippen LogP contribution in [0.1, 0.15) is 117 Å². The normalized spacial score (nSPS) is 10.9. The molecule has 8 heteroatoms. The van der Waals surface area contributed by atoms with Crippen molar-refractivity contribution >= 4 is 59.5 Å². The van der Waals surface area contributed by atoms with Crippen molar-refractivity contribution in [3.8, 4) is 0 Å². The predicted octanol–water partition coefficient (Wildman–Crippen LogP) is 11.8. The summed E-state index contributed by atoms with van der Waals surface area (Å²) in [6, 6.07) is 17.9. The number of benzene rings is 2. The number of hydrogen-bond donors (Lipinski definition) is 0. The third kappa shape index (κ3) is 25.0. The number of Topliss-reactive ketones (excluding diaryl/α,β-unsaturated/α-hetero) is 1. The van der Waals surface area contributed by atoms with E-state index in [4.69, 9.17) is 14.2 Å². The average molecular weight is 783 g/mol. The minimum absolute atomic E-state index is 0. The molecule has 0 heterocycles. The number of esters is 2. The fourth-order valence-corrected chi connectivity index (χ4v) is 4.90. The largest absolute Gasteiger partial charge is 0.462 e. The van der Waals surface area contributed by atoms with Gasteiger partial charge < -0.3 is 14.2 Å². The van der Waals surface area contributed by atoms with E-state index in [1.54, 1.807) is 24.9 Å². The van der Waals surface area contributed by atoms with Gasteiger partial charge in [-0.15, -0.1) is 35.7 Å². The number of ether oxygens (including phenoxy) is 3. The van der Waals surface area contributed by atoms with Crippen molar-refractivity contribution in [2.45, 2.75) is 134 Å². The van der Waals surface area contributed by atoms with Crippen LogP contribution in [0.5, 0.6) is 0 Å². The molecule has 2 aromatic rings. The number of ketones is 1. The molecule has 272 valence electrons. The van der Waals surface area contributed by atoms with E-state index in [2.05, 4.69) is 6.58 Å². The van der Waals surface area contributed by atoms with Crippen molar-refractivity contribution in [2.24, 2.45) is 0 Å². The summed E-state index contributed by atoms with van der Waals surface area (Å²) in [6.45, 7) is 7.20. The summed E-state index contributed by atoms with van der Waals surface area (Å²) in [4.78, 5) is 38.4. The summed E-state index contributed by atoms with van der Waals surface area (Å²) in [5, 5.41) is 0. The highest BCUT2D eigenvalue weighted by Crippen LogP contribution is 2.21. The second-order valence-corrected chi connectivity index (χ2v) is 10.4. The van der Waals surface area contributed by atoms with Crippen molar-refractivity contribution in [3.05, 3.63) is 72.3 Å². The molecule has 3 atom stereocenters. The van der Waals surface area contributed by atoms with Crippen molar-refractivity contribution in [2.75, 3.05) is 12.9 Å². The van der Waals surface area contributed by atoms with Crippen molar-refractivity contribution in [1.82, 2.24) is 0 Å². The van der Waals surface area contributed by atoms with Crippen molar-refractivity contribution in [1.29, 1.82) is 0 Å². The van der Waals surface area contributed by atoms with Gasteiger partial charge in [-0.1, -0.05) is 114 Å². The Morgan fingerprint density at radius 1 is 0.783 bits per heavy atom. The summed E-state index contributed by atoms with van der Waals surface area (Å²) in [6.07, 6.45) is 2.99. The van der Waals surface area contributed by atoms with Crippen LogP contribution < -0.4 is 0 Å². The van der Waals surface area contributed by atoms with E-state index >= 15 is 0 Å². The van der Waals surface area contributed by atoms with Crippen LogP contribution in [0, 0.1) is 0 Å². The molecule has 0 aromatic heterocycles. The fraction of sp³-hybridized carbons (Fsp3) is 0.553. The first-order chi connectivity index (χ1) is 18.3. The maximum absolute atomic E-state index is 12.9. The highest BCUT2D eigenvalue weighted by molar-refractivity contribution is 14.0. The molecule has 0 aliphatic heterocycles. The first-order valence-electron chi connectivity index (χ1n) is 13.1. The van der Waals surface area contributed by atoms with E-state index in [1.165, 1.54) is 6.92 Å². The van der Waals surface area contributed by atoms with Crippen LogP contribution >= 0.6 is 35.7 Å². The van der Waals surface area contributed by atoms with Crippen LogP contribution in [0.3, 0.4) is 0 Å². The first-order valence-corrected chi connectivity index (χ1v) is 14.1. The Morgan fingerprint density at radius 2 is 1.28 bits per heavy atom. The summed E-state index contributed by atoms with van der Waals surface area (Å²) < 4.78 is 16.7. The summed E-state index contributed by atoms with van der Waals surface area (Å²) in [5.74, 6) is -0.241. The van der Waals surface area contributed by atoms with Gasteiger partial charge in [0.2, 0.25) is 0 Å². The Bertz CT molecular complexity index is 1020. The van der Waals surface area contributed by atoms with E-state index < -0.39 is 24.1 Å². The zero-order chi connectivity index (χ0) is 27.8. The summed E-state index contributed by atoms with van der Waals surface area (Å²) >= 11 is 1.64. The lowest BCUT2D eigenvalue weighted by Crippen LogP contribution is -2.28. The van der Waals surface area contributed by atoms with E-state index in [-0.39, 0.29) is 109 Å². The second kappa shape index (κ2) is 34.2. The van der Waals surface area contributed by atoms with Gasteiger partial charge in [0.15, 0.2) is 0 Å². The number of rotatable bonds is 18. The standard InChI is InChI=1S/C31H40O6S.7CH4.HI.H2/c1-5-24-12-14-25(15-13-24)16-17-27(20-23(3)32)36-31(34)22-28(37-30(33)21-26(6-2)35-4)18-19-38-29-10-8-7-9-11-29;;;;;;;;;/h5,7-15,26-28H,1,6,16-22H2,2-4H3;7*1H4;2*1H.